The minimum Gasteiger partial charge on any atom is -0.381 e. The number of allylic oxidation sites excluding steroid dienone is 2. The van der Waals surface area contributed by atoms with E-state index >= 15 is 0 Å². The highest BCUT2D eigenvalue weighted by atomic mass is 16.5. The summed E-state index contributed by atoms with van der Waals surface area (Å²) >= 11 is 0. The van der Waals surface area contributed by atoms with Crippen molar-refractivity contribution in [2.75, 3.05) is 21.3 Å². The van der Waals surface area contributed by atoms with Crippen LogP contribution in [0.2, 0.25) is 0 Å². The van der Waals surface area contributed by atoms with Crippen molar-refractivity contribution < 1.29 is 14.2 Å². The van der Waals surface area contributed by atoms with Crippen molar-refractivity contribution in [3.8, 4) is 0 Å². The quantitative estimate of drug-likeness (QED) is 0.630. The van der Waals surface area contributed by atoms with E-state index in [2.05, 4.69) is 26.8 Å². The zero-order valence-corrected chi connectivity index (χ0v) is 18.3. The minimum atomic E-state index is 0.191. The van der Waals surface area contributed by atoms with Gasteiger partial charge in [0.25, 0.3) is 0 Å². The van der Waals surface area contributed by atoms with Gasteiger partial charge in [0.15, 0.2) is 0 Å². The third-order valence-corrected chi connectivity index (χ3v) is 9.72. The second-order valence-electron chi connectivity index (χ2n) is 10.2. The Morgan fingerprint density at radius 1 is 0.852 bits per heavy atom. The lowest BCUT2D eigenvalue weighted by Gasteiger charge is -2.64. The van der Waals surface area contributed by atoms with Crippen molar-refractivity contribution in [1.29, 1.82) is 0 Å². The van der Waals surface area contributed by atoms with E-state index in [9.17, 15) is 0 Å². The van der Waals surface area contributed by atoms with Crippen molar-refractivity contribution >= 4 is 0 Å². The largest absolute Gasteiger partial charge is 0.381 e. The van der Waals surface area contributed by atoms with E-state index in [-0.39, 0.29) is 12.2 Å². The molecular formula is C24H40O3. The molecule has 9 atom stereocenters. The Bertz CT molecular complexity index is 586. The first-order chi connectivity index (χ1) is 12.9. The van der Waals surface area contributed by atoms with Crippen LogP contribution in [0.25, 0.3) is 0 Å². The van der Waals surface area contributed by atoms with E-state index in [1.807, 2.05) is 21.3 Å². The third-order valence-electron chi connectivity index (χ3n) is 9.72. The molecule has 4 fully saturated rings. The second kappa shape index (κ2) is 7.15. The van der Waals surface area contributed by atoms with Crippen molar-refractivity contribution in [3.63, 3.8) is 0 Å². The molecule has 0 amide bonds. The number of hydrogen-bond donors (Lipinski definition) is 0. The Kier molecular flexibility index (Phi) is 5.27. The summed E-state index contributed by atoms with van der Waals surface area (Å²) in [5.41, 5.74) is 2.43. The van der Waals surface area contributed by atoms with Crippen LogP contribution in [0.1, 0.15) is 65.7 Å². The fourth-order valence-electron chi connectivity index (χ4n) is 8.30. The summed E-state index contributed by atoms with van der Waals surface area (Å²) in [6.07, 6.45) is 12.1. The lowest BCUT2D eigenvalue weighted by Crippen LogP contribution is -2.64. The zero-order valence-electron chi connectivity index (χ0n) is 18.3. The molecule has 0 heterocycles. The van der Waals surface area contributed by atoms with Gasteiger partial charge in [0.2, 0.25) is 0 Å². The molecule has 3 nitrogen and oxygen atoms in total. The van der Waals surface area contributed by atoms with Crippen molar-refractivity contribution in [1.82, 2.24) is 0 Å². The van der Waals surface area contributed by atoms with Crippen LogP contribution in [-0.4, -0.2) is 39.6 Å². The number of ether oxygens (including phenoxy) is 3. The molecule has 154 valence electrons. The highest BCUT2D eigenvalue weighted by Crippen LogP contribution is 2.68. The standard InChI is InChI=1S/C24H40O3/c1-7-15-8-9-17-20-18(11-13-23(15,17)2)24(3)12-10-16(25-4)14-19(24)21(26-5)22(20)27-6/h7,16-22H,8-14H2,1-6H3/b15-7-/t16?,17?,18?,19?,20?,21?,22?,23-,24-/m1/s1. The van der Waals surface area contributed by atoms with Gasteiger partial charge in [0, 0.05) is 21.3 Å². The lowest BCUT2D eigenvalue weighted by atomic mass is 9.43. The Hall–Kier alpha value is -0.380. The van der Waals surface area contributed by atoms with Crippen LogP contribution in [0.5, 0.6) is 0 Å². The summed E-state index contributed by atoms with van der Waals surface area (Å²) in [4.78, 5) is 0. The van der Waals surface area contributed by atoms with Crippen LogP contribution >= 0.6 is 0 Å². The topological polar surface area (TPSA) is 27.7 Å². The summed E-state index contributed by atoms with van der Waals surface area (Å²) in [5.74, 6) is 2.66. The maximum absolute atomic E-state index is 6.26. The molecule has 4 saturated carbocycles. The lowest BCUT2D eigenvalue weighted by molar-refractivity contribution is -0.233. The van der Waals surface area contributed by atoms with E-state index in [0.29, 0.717) is 28.8 Å². The molecule has 27 heavy (non-hydrogen) atoms. The summed E-state index contributed by atoms with van der Waals surface area (Å²) < 4.78 is 18.3. The van der Waals surface area contributed by atoms with Crippen molar-refractivity contribution in [3.05, 3.63) is 11.6 Å². The van der Waals surface area contributed by atoms with E-state index < -0.39 is 0 Å². The van der Waals surface area contributed by atoms with E-state index in [1.165, 1.54) is 38.5 Å². The van der Waals surface area contributed by atoms with E-state index in [1.54, 1.807) is 5.57 Å². The maximum Gasteiger partial charge on any atom is 0.0870 e. The number of methoxy groups -OCH3 is 3. The molecule has 0 aliphatic heterocycles. The second-order valence-corrected chi connectivity index (χ2v) is 10.2. The predicted molar refractivity (Wildman–Crippen MR) is 109 cm³/mol. The van der Waals surface area contributed by atoms with Crippen molar-refractivity contribution in [2.24, 2.45) is 34.5 Å². The van der Waals surface area contributed by atoms with Crippen molar-refractivity contribution in [2.45, 2.75) is 84.0 Å². The minimum absolute atomic E-state index is 0.191. The Labute approximate surface area is 166 Å². The Balaban J connectivity index is 1.75. The number of rotatable bonds is 3. The zero-order chi connectivity index (χ0) is 19.4. The fourth-order valence-corrected chi connectivity index (χ4v) is 8.30. The first kappa shape index (κ1) is 19.9. The molecule has 7 unspecified atom stereocenters. The van der Waals surface area contributed by atoms with Gasteiger partial charge >= 0.3 is 0 Å². The van der Waals surface area contributed by atoms with E-state index in [4.69, 9.17) is 14.2 Å². The Morgan fingerprint density at radius 2 is 1.59 bits per heavy atom. The molecular weight excluding hydrogens is 336 g/mol. The first-order valence-electron chi connectivity index (χ1n) is 11.2. The van der Waals surface area contributed by atoms with E-state index in [0.717, 1.165) is 18.3 Å². The molecule has 0 aromatic rings. The molecule has 0 spiro atoms. The normalized spacial score (nSPS) is 53.7. The summed E-state index contributed by atoms with van der Waals surface area (Å²) in [7, 11) is 5.70. The van der Waals surface area contributed by atoms with Gasteiger partial charge in [0.05, 0.1) is 18.3 Å². The molecule has 0 bridgehead atoms. The van der Waals surface area contributed by atoms with Gasteiger partial charge in [-0.05, 0) is 86.4 Å². The molecule has 0 N–H and O–H groups in total. The van der Waals surface area contributed by atoms with Crippen LogP contribution in [-0.2, 0) is 14.2 Å². The molecule has 3 heteroatoms. The van der Waals surface area contributed by atoms with Gasteiger partial charge in [-0.1, -0.05) is 25.5 Å². The fraction of sp³-hybridized carbons (Fsp3) is 0.917. The highest BCUT2D eigenvalue weighted by molar-refractivity contribution is 5.25. The average Bonchev–Trinajstić information content (AvgIpc) is 3.02. The van der Waals surface area contributed by atoms with Gasteiger partial charge in [-0.15, -0.1) is 0 Å². The van der Waals surface area contributed by atoms with Crippen LogP contribution in [0.15, 0.2) is 11.6 Å². The summed E-state index contributed by atoms with van der Waals surface area (Å²) in [6.45, 7) is 7.36. The highest BCUT2D eigenvalue weighted by Gasteiger charge is 2.64. The maximum atomic E-state index is 6.26. The van der Waals surface area contributed by atoms with Crippen LogP contribution in [0, 0.1) is 34.5 Å². The third kappa shape index (κ3) is 2.71. The monoisotopic (exact) mass is 376 g/mol. The van der Waals surface area contributed by atoms with Crippen LogP contribution < -0.4 is 0 Å². The van der Waals surface area contributed by atoms with Gasteiger partial charge in [0.1, 0.15) is 0 Å². The summed E-state index contributed by atoms with van der Waals surface area (Å²) in [6, 6.07) is 0. The van der Waals surface area contributed by atoms with Gasteiger partial charge in [-0.3, -0.25) is 0 Å². The van der Waals surface area contributed by atoms with Gasteiger partial charge in [-0.25, -0.2) is 0 Å². The first-order valence-corrected chi connectivity index (χ1v) is 11.2. The molecule has 0 aromatic heterocycles. The molecule has 0 aromatic carbocycles. The molecule has 0 saturated heterocycles. The molecule has 4 rings (SSSR count). The Morgan fingerprint density at radius 3 is 2.22 bits per heavy atom. The average molecular weight is 377 g/mol. The smallest absolute Gasteiger partial charge is 0.0870 e. The van der Waals surface area contributed by atoms with Crippen LogP contribution in [0.4, 0.5) is 0 Å². The predicted octanol–water partition coefficient (Wildman–Crippen LogP) is 5.24. The molecule has 4 aliphatic rings. The molecule has 4 aliphatic carbocycles. The summed E-state index contributed by atoms with van der Waals surface area (Å²) in [5, 5.41) is 0. The van der Waals surface area contributed by atoms with Crippen LogP contribution in [0.3, 0.4) is 0 Å². The number of hydrogen-bond acceptors (Lipinski definition) is 3. The number of fused-ring (bicyclic) bond motifs is 5. The van der Waals surface area contributed by atoms with Gasteiger partial charge in [-0.2, -0.15) is 0 Å². The SMILES string of the molecule is C/C=C1/CCC2C3C(OC)C(OC)C4CC(OC)CC[C@]4(C)C3CC[C@]12C. The van der Waals surface area contributed by atoms with Gasteiger partial charge < -0.3 is 14.2 Å². The molecule has 0 radical (unpaired) electrons.